The van der Waals surface area contributed by atoms with E-state index in [1.54, 1.807) is 0 Å². The summed E-state index contributed by atoms with van der Waals surface area (Å²) in [5.41, 5.74) is 3.61. The maximum absolute atomic E-state index is 6.01. The van der Waals surface area contributed by atoms with Gasteiger partial charge in [-0.05, 0) is 36.7 Å². The molecule has 2 rings (SSSR count). The average molecular weight is 264 g/mol. The Bertz CT molecular complexity index is 534. The number of halogens is 1. The van der Waals surface area contributed by atoms with Gasteiger partial charge in [-0.3, -0.25) is 4.68 Å². The van der Waals surface area contributed by atoms with Gasteiger partial charge in [0.05, 0.1) is 12.2 Å². The Kier molecular flexibility index (Phi) is 4.04. The van der Waals surface area contributed by atoms with Crippen molar-refractivity contribution in [1.82, 2.24) is 15.1 Å². The molecule has 1 aromatic carbocycles. The first-order chi connectivity index (χ1) is 8.61. The van der Waals surface area contributed by atoms with Gasteiger partial charge in [-0.25, -0.2) is 0 Å². The fourth-order valence-corrected chi connectivity index (χ4v) is 2.39. The van der Waals surface area contributed by atoms with Crippen LogP contribution in [0.5, 0.6) is 0 Å². The molecule has 96 valence electrons. The minimum atomic E-state index is 0.168. The third-order valence-electron chi connectivity index (χ3n) is 3.01. The standard InChI is InChI=1S/C14H18ClN3/c1-4-16-14(11-8-17-18(3)9-11)13-6-5-12(15)7-10(13)2/h5-9,14,16H,4H2,1-3H3. The summed E-state index contributed by atoms with van der Waals surface area (Å²) in [6.45, 7) is 5.10. The van der Waals surface area contributed by atoms with Gasteiger partial charge < -0.3 is 5.32 Å². The highest BCUT2D eigenvalue weighted by Gasteiger charge is 2.16. The van der Waals surface area contributed by atoms with Crippen molar-refractivity contribution in [2.45, 2.75) is 19.9 Å². The second-order valence-electron chi connectivity index (χ2n) is 4.44. The minimum Gasteiger partial charge on any atom is -0.306 e. The van der Waals surface area contributed by atoms with Gasteiger partial charge >= 0.3 is 0 Å². The molecule has 0 aliphatic heterocycles. The van der Waals surface area contributed by atoms with Crippen molar-refractivity contribution in [3.8, 4) is 0 Å². The molecule has 1 atom stereocenters. The number of aryl methyl sites for hydroxylation is 2. The van der Waals surface area contributed by atoms with Gasteiger partial charge in [0.15, 0.2) is 0 Å². The van der Waals surface area contributed by atoms with Crippen LogP contribution < -0.4 is 5.32 Å². The lowest BCUT2D eigenvalue weighted by atomic mass is 9.97. The zero-order chi connectivity index (χ0) is 13.1. The molecule has 0 fully saturated rings. The molecule has 0 saturated heterocycles. The van der Waals surface area contributed by atoms with Gasteiger partial charge in [0.2, 0.25) is 0 Å². The number of rotatable bonds is 4. The predicted molar refractivity (Wildman–Crippen MR) is 74.9 cm³/mol. The highest BCUT2D eigenvalue weighted by Crippen LogP contribution is 2.26. The Morgan fingerprint density at radius 1 is 1.44 bits per heavy atom. The zero-order valence-corrected chi connectivity index (χ0v) is 11.7. The van der Waals surface area contributed by atoms with Crippen molar-refractivity contribution in [1.29, 1.82) is 0 Å². The molecule has 0 amide bonds. The van der Waals surface area contributed by atoms with E-state index in [4.69, 9.17) is 11.6 Å². The molecule has 1 N–H and O–H groups in total. The number of nitrogens with zero attached hydrogens (tertiary/aromatic N) is 2. The van der Waals surface area contributed by atoms with Crippen LogP contribution in [0.2, 0.25) is 5.02 Å². The van der Waals surface area contributed by atoms with Gasteiger partial charge in [0, 0.05) is 23.8 Å². The van der Waals surface area contributed by atoms with Crippen LogP contribution in [-0.2, 0) is 7.05 Å². The average Bonchev–Trinajstić information content (AvgIpc) is 2.73. The van der Waals surface area contributed by atoms with Gasteiger partial charge in [-0.1, -0.05) is 24.6 Å². The van der Waals surface area contributed by atoms with Crippen molar-refractivity contribution in [3.63, 3.8) is 0 Å². The maximum Gasteiger partial charge on any atom is 0.0610 e. The van der Waals surface area contributed by atoms with E-state index in [1.807, 2.05) is 36.3 Å². The summed E-state index contributed by atoms with van der Waals surface area (Å²) in [7, 11) is 1.93. The Morgan fingerprint density at radius 2 is 2.22 bits per heavy atom. The van der Waals surface area contributed by atoms with Gasteiger partial charge in [-0.2, -0.15) is 5.10 Å². The highest BCUT2D eigenvalue weighted by atomic mass is 35.5. The summed E-state index contributed by atoms with van der Waals surface area (Å²) in [6, 6.07) is 6.18. The molecule has 1 heterocycles. The molecule has 18 heavy (non-hydrogen) atoms. The first-order valence-electron chi connectivity index (χ1n) is 6.09. The summed E-state index contributed by atoms with van der Waals surface area (Å²) < 4.78 is 1.82. The van der Waals surface area contributed by atoms with E-state index >= 15 is 0 Å². The van der Waals surface area contributed by atoms with Gasteiger partial charge in [-0.15, -0.1) is 0 Å². The second-order valence-corrected chi connectivity index (χ2v) is 4.88. The minimum absolute atomic E-state index is 0.168. The molecule has 0 saturated carbocycles. The van der Waals surface area contributed by atoms with Crippen LogP contribution in [0.25, 0.3) is 0 Å². The molecule has 3 nitrogen and oxygen atoms in total. The smallest absolute Gasteiger partial charge is 0.0610 e. The van der Waals surface area contributed by atoms with Gasteiger partial charge in [0.1, 0.15) is 0 Å². The summed E-state index contributed by atoms with van der Waals surface area (Å²) in [4.78, 5) is 0. The van der Waals surface area contributed by atoms with E-state index in [9.17, 15) is 0 Å². The lowest BCUT2D eigenvalue weighted by Crippen LogP contribution is -2.22. The van der Waals surface area contributed by atoms with Crippen LogP contribution in [0.4, 0.5) is 0 Å². The summed E-state index contributed by atoms with van der Waals surface area (Å²) in [5.74, 6) is 0. The van der Waals surface area contributed by atoms with Crippen LogP contribution in [0.15, 0.2) is 30.6 Å². The number of aromatic nitrogens is 2. The van der Waals surface area contributed by atoms with E-state index in [0.29, 0.717) is 0 Å². The van der Waals surface area contributed by atoms with Crippen LogP contribution in [0, 0.1) is 6.92 Å². The Labute approximate surface area is 113 Å². The molecular formula is C14H18ClN3. The molecule has 4 heteroatoms. The molecule has 0 aliphatic carbocycles. The molecular weight excluding hydrogens is 246 g/mol. The highest BCUT2D eigenvalue weighted by molar-refractivity contribution is 6.30. The third kappa shape index (κ3) is 2.74. The van der Waals surface area contributed by atoms with Crippen molar-refractivity contribution in [3.05, 3.63) is 52.3 Å². The van der Waals surface area contributed by atoms with E-state index < -0.39 is 0 Å². The second kappa shape index (κ2) is 5.55. The molecule has 0 radical (unpaired) electrons. The first kappa shape index (κ1) is 13.1. The lowest BCUT2D eigenvalue weighted by molar-refractivity contribution is 0.627. The molecule has 0 bridgehead atoms. The maximum atomic E-state index is 6.01. The Morgan fingerprint density at radius 3 is 2.78 bits per heavy atom. The number of benzene rings is 1. The number of hydrogen-bond acceptors (Lipinski definition) is 2. The predicted octanol–water partition coefficient (Wildman–Crippen LogP) is 3.08. The zero-order valence-electron chi connectivity index (χ0n) is 10.9. The third-order valence-corrected chi connectivity index (χ3v) is 3.24. The van der Waals surface area contributed by atoms with Gasteiger partial charge in [0.25, 0.3) is 0 Å². The van der Waals surface area contributed by atoms with E-state index in [0.717, 1.165) is 11.6 Å². The van der Waals surface area contributed by atoms with Crippen LogP contribution in [0.1, 0.15) is 29.7 Å². The molecule has 2 aromatic rings. The molecule has 0 aliphatic rings. The van der Waals surface area contributed by atoms with Crippen LogP contribution in [-0.4, -0.2) is 16.3 Å². The molecule has 0 spiro atoms. The monoisotopic (exact) mass is 263 g/mol. The fourth-order valence-electron chi connectivity index (χ4n) is 2.16. The summed E-state index contributed by atoms with van der Waals surface area (Å²) in [6.07, 6.45) is 3.95. The fraction of sp³-hybridized carbons (Fsp3) is 0.357. The normalized spacial score (nSPS) is 12.7. The SMILES string of the molecule is CCNC(c1cnn(C)c1)c1ccc(Cl)cc1C. The number of nitrogens with one attached hydrogen (secondary N) is 1. The quantitative estimate of drug-likeness (QED) is 0.919. The van der Waals surface area contributed by atoms with E-state index in [2.05, 4.69) is 30.3 Å². The number of hydrogen-bond donors (Lipinski definition) is 1. The lowest BCUT2D eigenvalue weighted by Gasteiger charge is -2.19. The Balaban J connectivity index is 2.41. The van der Waals surface area contributed by atoms with Crippen molar-refractivity contribution < 1.29 is 0 Å². The van der Waals surface area contributed by atoms with Crippen LogP contribution >= 0.6 is 11.6 Å². The largest absolute Gasteiger partial charge is 0.306 e. The van der Waals surface area contributed by atoms with Crippen molar-refractivity contribution in [2.24, 2.45) is 7.05 Å². The van der Waals surface area contributed by atoms with Crippen molar-refractivity contribution >= 4 is 11.6 Å². The summed E-state index contributed by atoms with van der Waals surface area (Å²) in [5, 5.41) is 8.51. The van der Waals surface area contributed by atoms with E-state index in [-0.39, 0.29) is 6.04 Å². The Hall–Kier alpha value is -1.32. The van der Waals surface area contributed by atoms with Crippen molar-refractivity contribution in [2.75, 3.05) is 6.54 Å². The molecule has 1 unspecified atom stereocenters. The van der Waals surface area contributed by atoms with Crippen LogP contribution in [0.3, 0.4) is 0 Å². The topological polar surface area (TPSA) is 29.9 Å². The first-order valence-corrected chi connectivity index (χ1v) is 6.47. The molecule has 1 aromatic heterocycles. The summed E-state index contributed by atoms with van der Waals surface area (Å²) >= 11 is 6.01. The van der Waals surface area contributed by atoms with E-state index in [1.165, 1.54) is 16.7 Å².